The van der Waals surface area contributed by atoms with Gasteiger partial charge in [-0.1, -0.05) is 30.3 Å². The van der Waals surface area contributed by atoms with Gasteiger partial charge in [-0.2, -0.15) is 0 Å². The van der Waals surface area contributed by atoms with Crippen molar-refractivity contribution in [3.8, 4) is 0 Å². The van der Waals surface area contributed by atoms with E-state index in [0.717, 1.165) is 5.56 Å². The van der Waals surface area contributed by atoms with E-state index in [0.29, 0.717) is 13.1 Å². The minimum atomic E-state index is -0.539. The lowest BCUT2D eigenvalue weighted by molar-refractivity contribution is -0.130. The van der Waals surface area contributed by atoms with Crippen LogP contribution in [0, 0.1) is 5.92 Å². The summed E-state index contributed by atoms with van der Waals surface area (Å²) in [7, 11) is 1.28. The van der Waals surface area contributed by atoms with Crippen molar-refractivity contribution in [1.29, 1.82) is 0 Å². The van der Waals surface area contributed by atoms with E-state index >= 15 is 0 Å². The zero-order chi connectivity index (χ0) is 17.5. The van der Waals surface area contributed by atoms with E-state index in [1.54, 1.807) is 4.90 Å². The Morgan fingerprint density at radius 1 is 1.25 bits per heavy atom. The minimum absolute atomic E-state index is 0.0146. The van der Waals surface area contributed by atoms with Gasteiger partial charge in [0.25, 0.3) is 0 Å². The van der Waals surface area contributed by atoms with Crippen LogP contribution in [0.5, 0.6) is 0 Å². The number of rotatable bonds is 6. The van der Waals surface area contributed by atoms with Crippen molar-refractivity contribution in [2.24, 2.45) is 5.92 Å². The molecule has 3 amide bonds. The molecule has 1 aromatic carbocycles. The van der Waals surface area contributed by atoms with Crippen molar-refractivity contribution in [1.82, 2.24) is 15.5 Å². The molecule has 0 radical (unpaired) electrons. The van der Waals surface area contributed by atoms with Crippen LogP contribution in [-0.4, -0.2) is 49.6 Å². The van der Waals surface area contributed by atoms with Gasteiger partial charge in [-0.05, 0) is 12.5 Å². The monoisotopic (exact) mass is 333 g/mol. The van der Waals surface area contributed by atoms with Gasteiger partial charge >= 0.3 is 6.09 Å². The van der Waals surface area contributed by atoms with Crippen LogP contribution in [0.25, 0.3) is 0 Å². The van der Waals surface area contributed by atoms with Gasteiger partial charge in [0.05, 0.1) is 19.1 Å². The number of benzene rings is 1. The summed E-state index contributed by atoms with van der Waals surface area (Å²) in [6.45, 7) is 2.95. The van der Waals surface area contributed by atoms with Crippen molar-refractivity contribution < 1.29 is 19.1 Å². The van der Waals surface area contributed by atoms with E-state index < -0.39 is 6.09 Å². The Bertz CT molecular complexity index is 591. The molecule has 1 heterocycles. The Balaban J connectivity index is 1.83. The summed E-state index contributed by atoms with van der Waals surface area (Å²) in [4.78, 5) is 37.1. The lowest BCUT2D eigenvalue weighted by atomic mass is 10.1. The molecular formula is C17H23N3O4. The van der Waals surface area contributed by atoms with Crippen LogP contribution >= 0.6 is 0 Å². The Kier molecular flexibility index (Phi) is 6.17. The van der Waals surface area contributed by atoms with Gasteiger partial charge < -0.3 is 20.3 Å². The molecular weight excluding hydrogens is 310 g/mol. The lowest BCUT2D eigenvalue weighted by Crippen LogP contribution is -2.38. The van der Waals surface area contributed by atoms with E-state index in [4.69, 9.17) is 0 Å². The number of alkyl carbamates (subject to hydrolysis) is 1. The summed E-state index contributed by atoms with van der Waals surface area (Å²) in [5, 5.41) is 5.22. The fraction of sp³-hybridized carbons (Fsp3) is 0.471. The van der Waals surface area contributed by atoms with Crippen molar-refractivity contribution in [2.75, 3.05) is 26.7 Å². The van der Waals surface area contributed by atoms with E-state index in [9.17, 15) is 14.4 Å². The topological polar surface area (TPSA) is 87.7 Å². The third-order valence-electron chi connectivity index (χ3n) is 4.16. The third-order valence-corrected chi connectivity index (χ3v) is 4.16. The zero-order valence-electron chi connectivity index (χ0n) is 14.0. The largest absolute Gasteiger partial charge is 0.453 e. The smallest absolute Gasteiger partial charge is 0.406 e. The van der Waals surface area contributed by atoms with Gasteiger partial charge in [0.2, 0.25) is 11.8 Å². The first kappa shape index (κ1) is 17.8. The minimum Gasteiger partial charge on any atom is -0.453 e. The van der Waals surface area contributed by atoms with E-state index in [1.807, 2.05) is 37.3 Å². The molecule has 7 nitrogen and oxygen atoms in total. The molecule has 130 valence electrons. The molecule has 2 rings (SSSR count). The molecule has 2 atom stereocenters. The number of likely N-dealkylation sites (tertiary alicyclic amines) is 1. The highest BCUT2D eigenvalue weighted by atomic mass is 16.5. The van der Waals surface area contributed by atoms with E-state index in [-0.39, 0.29) is 36.7 Å². The highest BCUT2D eigenvalue weighted by molar-refractivity contribution is 5.89. The SMILES string of the molecule is COC(=O)NCCNC(=O)C1CC(=O)N(C(C)c2ccccc2)C1. The molecule has 0 spiro atoms. The highest BCUT2D eigenvalue weighted by Crippen LogP contribution is 2.28. The summed E-state index contributed by atoms with van der Waals surface area (Å²) < 4.78 is 4.44. The molecule has 2 N–H and O–H groups in total. The van der Waals surface area contributed by atoms with Crippen LogP contribution in [-0.2, 0) is 14.3 Å². The Morgan fingerprint density at radius 3 is 2.58 bits per heavy atom. The van der Waals surface area contributed by atoms with Crippen LogP contribution in [0.3, 0.4) is 0 Å². The highest BCUT2D eigenvalue weighted by Gasteiger charge is 2.36. The summed E-state index contributed by atoms with van der Waals surface area (Å²) in [5.74, 6) is -0.543. The molecule has 1 saturated heterocycles. The summed E-state index contributed by atoms with van der Waals surface area (Å²) >= 11 is 0. The number of carbonyl (C=O) groups excluding carboxylic acids is 3. The van der Waals surface area contributed by atoms with Crippen molar-refractivity contribution in [2.45, 2.75) is 19.4 Å². The standard InChI is InChI=1S/C17H23N3O4/c1-12(13-6-4-3-5-7-13)20-11-14(10-15(20)21)16(22)18-8-9-19-17(23)24-2/h3-7,12,14H,8-11H2,1-2H3,(H,18,22)(H,19,23). The normalized spacial score (nSPS) is 18.2. The lowest BCUT2D eigenvalue weighted by Gasteiger charge is -2.25. The summed E-state index contributed by atoms with van der Waals surface area (Å²) in [6, 6.07) is 9.70. The van der Waals surface area contributed by atoms with E-state index in [2.05, 4.69) is 15.4 Å². The Morgan fingerprint density at radius 2 is 1.92 bits per heavy atom. The number of ether oxygens (including phenoxy) is 1. The average Bonchev–Trinajstić information content (AvgIpc) is 3.00. The van der Waals surface area contributed by atoms with Gasteiger partial charge in [0, 0.05) is 26.1 Å². The van der Waals surface area contributed by atoms with Gasteiger partial charge in [0.15, 0.2) is 0 Å². The fourth-order valence-corrected chi connectivity index (χ4v) is 2.76. The summed E-state index contributed by atoms with van der Waals surface area (Å²) in [5.41, 5.74) is 1.05. The number of methoxy groups -OCH3 is 1. The summed E-state index contributed by atoms with van der Waals surface area (Å²) in [6.07, 6.45) is -0.323. The molecule has 1 fully saturated rings. The van der Waals surface area contributed by atoms with Crippen LogP contribution in [0.15, 0.2) is 30.3 Å². The molecule has 1 aliphatic heterocycles. The van der Waals surface area contributed by atoms with Crippen LogP contribution in [0.4, 0.5) is 4.79 Å². The number of nitrogens with zero attached hydrogens (tertiary/aromatic N) is 1. The third kappa shape index (κ3) is 4.47. The fourth-order valence-electron chi connectivity index (χ4n) is 2.76. The maximum absolute atomic E-state index is 12.2. The Hall–Kier alpha value is -2.57. The number of hydrogen-bond acceptors (Lipinski definition) is 4. The second kappa shape index (κ2) is 8.33. The zero-order valence-corrected chi connectivity index (χ0v) is 14.0. The molecule has 0 saturated carbocycles. The number of hydrogen-bond donors (Lipinski definition) is 2. The molecule has 0 bridgehead atoms. The van der Waals surface area contributed by atoms with Crippen molar-refractivity contribution >= 4 is 17.9 Å². The van der Waals surface area contributed by atoms with Crippen molar-refractivity contribution in [3.63, 3.8) is 0 Å². The van der Waals surface area contributed by atoms with E-state index in [1.165, 1.54) is 7.11 Å². The van der Waals surface area contributed by atoms with Gasteiger partial charge in [-0.25, -0.2) is 4.79 Å². The predicted octanol–water partition coefficient (Wildman–Crippen LogP) is 1.07. The molecule has 0 aliphatic carbocycles. The second-order valence-corrected chi connectivity index (χ2v) is 5.74. The molecule has 1 aromatic rings. The van der Waals surface area contributed by atoms with Crippen LogP contribution in [0.2, 0.25) is 0 Å². The number of carbonyl (C=O) groups is 3. The number of nitrogens with one attached hydrogen (secondary N) is 2. The molecule has 1 aliphatic rings. The van der Waals surface area contributed by atoms with Crippen molar-refractivity contribution in [3.05, 3.63) is 35.9 Å². The average molecular weight is 333 g/mol. The Labute approximate surface area is 141 Å². The second-order valence-electron chi connectivity index (χ2n) is 5.74. The maximum Gasteiger partial charge on any atom is 0.406 e. The quantitative estimate of drug-likeness (QED) is 0.762. The first-order valence-corrected chi connectivity index (χ1v) is 7.97. The first-order chi connectivity index (χ1) is 11.5. The van der Waals surface area contributed by atoms with Crippen LogP contribution < -0.4 is 10.6 Å². The molecule has 24 heavy (non-hydrogen) atoms. The number of amides is 3. The van der Waals surface area contributed by atoms with Crippen LogP contribution in [0.1, 0.15) is 24.9 Å². The molecule has 0 aromatic heterocycles. The van der Waals surface area contributed by atoms with Gasteiger partial charge in [0.1, 0.15) is 0 Å². The first-order valence-electron chi connectivity index (χ1n) is 7.97. The van der Waals surface area contributed by atoms with Gasteiger partial charge in [-0.15, -0.1) is 0 Å². The molecule has 2 unspecified atom stereocenters. The maximum atomic E-state index is 12.2. The predicted molar refractivity (Wildman–Crippen MR) is 88.1 cm³/mol. The molecule has 7 heteroatoms. The van der Waals surface area contributed by atoms with Gasteiger partial charge in [-0.3, -0.25) is 9.59 Å².